The molecule has 2 rings (SSSR count). The van der Waals surface area contributed by atoms with E-state index in [-0.39, 0.29) is 6.04 Å². The first kappa shape index (κ1) is 13.2. The second-order valence-electron chi connectivity index (χ2n) is 4.67. The molecular formula is C15H20N2S. The molecule has 1 aromatic carbocycles. The highest BCUT2D eigenvalue weighted by molar-refractivity contribution is 7.09. The smallest absolute Gasteiger partial charge is 0.114 e. The van der Waals surface area contributed by atoms with Crippen LogP contribution in [0.3, 0.4) is 0 Å². The van der Waals surface area contributed by atoms with E-state index in [1.807, 2.05) is 6.07 Å². The first-order valence-corrected chi connectivity index (χ1v) is 7.34. The van der Waals surface area contributed by atoms with Gasteiger partial charge in [-0.15, -0.1) is 11.3 Å². The van der Waals surface area contributed by atoms with Gasteiger partial charge in [0.25, 0.3) is 0 Å². The molecule has 1 aromatic heterocycles. The molecule has 1 unspecified atom stereocenters. The fraction of sp³-hybridized carbons (Fsp3) is 0.400. The summed E-state index contributed by atoms with van der Waals surface area (Å²) in [6.45, 7) is 7.44. The lowest BCUT2D eigenvalue weighted by molar-refractivity contribution is 0.623. The summed E-state index contributed by atoms with van der Waals surface area (Å²) in [5.74, 6) is 0.494. The largest absolute Gasteiger partial charge is 0.305 e. The maximum absolute atomic E-state index is 4.76. The molecule has 1 N–H and O–H groups in total. The average molecular weight is 260 g/mol. The molecule has 18 heavy (non-hydrogen) atoms. The van der Waals surface area contributed by atoms with Crippen molar-refractivity contribution in [2.75, 3.05) is 6.54 Å². The highest BCUT2D eigenvalue weighted by Crippen LogP contribution is 2.27. The molecule has 0 radical (unpaired) electrons. The molecule has 0 aliphatic heterocycles. The van der Waals surface area contributed by atoms with Crippen LogP contribution in [0.25, 0.3) is 0 Å². The van der Waals surface area contributed by atoms with Gasteiger partial charge in [-0.2, -0.15) is 0 Å². The molecule has 1 heterocycles. The summed E-state index contributed by atoms with van der Waals surface area (Å²) < 4.78 is 0. The van der Waals surface area contributed by atoms with Crippen LogP contribution in [-0.4, -0.2) is 11.5 Å². The van der Waals surface area contributed by atoms with Crippen LogP contribution < -0.4 is 5.32 Å². The zero-order valence-electron chi connectivity index (χ0n) is 11.2. The lowest BCUT2D eigenvalue weighted by Gasteiger charge is -2.15. The fourth-order valence-electron chi connectivity index (χ4n) is 1.90. The molecule has 1 atom stereocenters. The number of hydrogen-bond acceptors (Lipinski definition) is 3. The van der Waals surface area contributed by atoms with Crippen LogP contribution >= 0.6 is 11.3 Å². The standard InChI is InChI=1S/C15H20N2S/c1-4-16-14(12-8-6-5-7-9-12)15-17-13(10-18-15)11(2)3/h5-11,14,16H,4H2,1-3H3. The average Bonchev–Trinajstić information content (AvgIpc) is 2.86. The van der Waals surface area contributed by atoms with Crippen LogP contribution in [0.5, 0.6) is 0 Å². The van der Waals surface area contributed by atoms with E-state index in [9.17, 15) is 0 Å². The Morgan fingerprint density at radius 3 is 2.50 bits per heavy atom. The Bertz CT molecular complexity index is 476. The van der Waals surface area contributed by atoms with E-state index in [0.29, 0.717) is 5.92 Å². The molecule has 0 fully saturated rings. The van der Waals surface area contributed by atoms with E-state index in [1.54, 1.807) is 11.3 Å². The second-order valence-corrected chi connectivity index (χ2v) is 5.56. The van der Waals surface area contributed by atoms with Gasteiger partial charge < -0.3 is 5.32 Å². The topological polar surface area (TPSA) is 24.9 Å². The van der Waals surface area contributed by atoms with E-state index in [2.05, 4.69) is 55.7 Å². The van der Waals surface area contributed by atoms with Crippen LogP contribution in [0, 0.1) is 0 Å². The van der Waals surface area contributed by atoms with E-state index >= 15 is 0 Å². The molecule has 0 spiro atoms. The predicted octanol–water partition coefficient (Wildman–Crippen LogP) is 3.97. The number of thiazole rings is 1. The summed E-state index contributed by atoms with van der Waals surface area (Å²) >= 11 is 1.75. The van der Waals surface area contributed by atoms with Gasteiger partial charge >= 0.3 is 0 Å². The van der Waals surface area contributed by atoms with Crippen molar-refractivity contribution >= 4 is 11.3 Å². The quantitative estimate of drug-likeness (QED) is 0.880. The van der Waals surface area contributed by atoms with Gasteiger partial charge in [0.1, 0.15) is 5.01 Å². The number of hydrogen-bond donors (Lipinski definition) is 1. The first-order chi connectivity index (χ1) is 8.72. The number of nitrogens with zero attached hydrogens (tertiary/aromatic N) is 1. The van der Waals surface area contributed by atoms with Crippen LogP contribution in [0.15, 0.2) is 35.7 Å². The molecule has 0 amide bonds. The number of rotatable bonds is 5. The monoisotopic (exact) mass is 260 g/mol. The van der Waals surface area contributed by atoms with Crippen LogP contribution in [-0.2, 0) is 0 Å². The predicted molar refractivity (Wildman–Crippen MR) is 78.2 cm³/mol. The Labute approximate surface area is 113 Å². The molecular weight excluding hydrogens is 240 g/mol. The molecule has 0 saturated carbocycles. The minimum absolute atomic E-state index is 0.216. The SMILES string of the molecule is CCNC(c1ccccc1)c1nc(C(C)C)cs1. The molecule has 0 saturated heterocycles. The van der Waals surface area contributed by atoms with Crippen LogP contribution in [0.1, 0.15) is 49.0 Å². The van der Waals surface area contributed by atoms with Gasteiger partial charge in [-0.25, -0.2) is 4.98 Å². The molecule has 0 aliphatic rings. The third-order valence-electron chi connectivity index (χ3n) is 2.92. The minimum Gasteiger partial charge on any atom is -0.305 e. The van der Waals surface area contributed by atoms with Gasteiger partial charge in [0, 0.05) is 5.38 Å². The Morgan fingerprint density at radius 1 is 1.22 bits per heavy atom. The summed E-state index contributed by atoms with van der Waals surface area (Å²) in [5, 5.41) is 6.85. The van der Waals surface area contributed by atoms with E-state index in [1.165, 1.54) is 11.3 Å². The van der Waals surface area contributed by atoms with E-state index in [0.717, 1.165) is 11.6 Å². The van der Waals surface area contributed by atoms with Crippen molar-refractivity contribution in [1.29, 1.82) is 0 Å². The second kappa shape index (κ2) is 6.12. The summed E-state index contributed by atoms with van der Waals surface area (Å²) in [5.41, 5.74) is 2.47. The fourth-order valence-corrected chi connectivity index (χ4v) is 2.98. The number of nitrogens with one attached hydrogen (secondary N) is 1. The Kier molecular flexibility index (Phi) is 4.50. The third-order valence-corrected chi connectivity index (χ3v) is 3.85. The van der Waals surface area contributed by atoms with E-state index in [4.69, 9.17) is 4.98 Å². The summed E-state index contributed by atoms with van der Waals surface area (Å²) in [4.78, 5) is 4.76. The zero-order chi connectivity index (χ0) is 13.0. The minimum atomic E-state index is 0.216. The highest BCUT2D eigenvalue weighted by Gasteiger charge is 2.17. The van der Waals surface area contributed by atoms with Gasteiger partial charge in [0.2, 0.25) is 0 Å². The van der Waals surface area contributed by atoms with Gasteiger partial charge in [-0.1, -0.05) is 51.1 Å². The van der Waals surface area contributed by atoms with Crippen molar-refractivity contribution in [2.45, 2.75) is 32.7 Å². The molecule has 3 heteroatoms. The van der Waals surface area contributed by atoms with Gasteiger partial charge in [0.05, 0.1) is 11.7 Å². The van der Waals surface area contributed by atoms with Crippen LogP contribution in [0.4, 0.5) is 0 Å². The lowest BCUT2D eigenvalue weighted by atomic mass is 10.1. The van der Waals surface area contributed by atoms with Crippen molar-refractivity contribution in [3.63, 3.8) is 0 Å². The molecule has 96 valence electrons. The highest BCUT2D eigenvalue weighted by atomic mass is 32.1. The van der Waals surface area contributed by atoms with Gasteiger partial charge in [-0.3, -0.25) is 0 Å². The Balaban J connectivity index is 2.29. The van der Waals surface area contributed by atoms with Crippen molar-refractivity contribution < 1.29 is 0 Å². The molecule has 2 nitrogen and oxygen atoms in total. The Morgan fingerprint density at radius 2 is 1.94 bits per heavy atom. The summed E-state index contributed by atoms with van der Waals surface area (Å²) in [7, 11) is 0. The molecule has 0 aliphatic carbocycles. The maximum Gasteiger partial charge on any atom is 0.114 e. The molecule has 2 aromatic rings. The number of aromatic nitrogens is 1. The summed E-state index contributed by atoms with van der Waals surface area (Å²) in [6.07, 6.45) is 0. The summed E-state index contributed by atoms with van der Waals surface area (Å²) in [6, 6.07) is 10.7. The van der Waals surface area contributed by atoms with Gasteiger partial charge in [-0.05, 0) is 18.0 Å². The zero-order valence-corrected chi connectivity index (χ0v) is 12.0. The van der Waals surface area contributed by atoms with Gasteiger partial charge in [0.15, 0.2) is 0 Å². The van der Waals surface area contributed by atoms with Crippen molar-refractivity contribution in [3.8, 4) is 0 Å². The maximum atomic E-state index is 4.76. The van der Waals surface area contributed by atoms with Crippen molar-refractivity contribution in [1.82, 2.24) is 10.3 Å². The number of benzene rings is 1. The lowest BCUT2D eigenvalue weighted by Crippen LogP contribution is -2.21. The normalized spacial score (nSPS) is 12.9. The van der Waals surface area contributed by atoms with E-state index < -0.39 is 0 Å². The van der Waals surface area contributed by atoms with Crippen molar-refractivity contribution in [3.05, 3.63) is 52.0 Å². The van der Waals surface area contributed by atoms with Crippen molar-refractivity contribution in [2.24, 2.45) is 0 Å². The first-order valence-electron chi connectivity index (χ1n) is 6.46. The van der Waals surface area contributed by atoms with Crippen LogP contribution in [0.2, 0.25) is 0 Å². The molecule has 0 bridgehead atoms. The Hall–Kier alpha value is -1.19. The third kappa shape index (κ3) is 2.98.